The first-order valence-corrected chi connectivity index (χ1v) is 5.71. The van der Waals surface area contributed by atoms with Gasteiger partial charge in [-0.3, -0.25) is 0 Å². The van der Waals surface area contributed by atoms with Crippen LogP contribution in [-0.2, 0) is 0 Å². The van der Waals surface area contributed by atoms with Crippen molar-refractivity contribution in [2.45, 2.75) is 0 Å². The number of aromatic nitrogens is 2. The lowest BCUT2D eigenvalue weighted by Crippen LogP contribution is -1.91. The number of nitrogen functional groups attached to an aromatic ring is 1. The number of rotatable bonds is 1. The van der Waals surface area contributed by atoms with Gasteiger partial charge in [0, 0.05) is 22.2 Å². The highest BCUT2D eigenvalue weighted by Gasteiger charge is 2.10. The van der Waals surface area contributed by atoms with Gasteiger partial charge in [-0.05, 0) is 24.3 Å². The molecule has 5 heteroatoms. The Balaban J connectivity index is 2.26. The molecular weight excluding hydrogens is 253 g/mol. The highest BCUT2D eigenvalue weighted by molar-refractivity contribution is 6.29. The van der Waals surface area contributed by atoms with Crippen molar-refractivity contribution in [1.82, 2.24) is 9.97 Å². The Labute approximate surface area is 107 Å². The van der Waals surface area contributed by atoms with Gasteiger partial charge in [-0.15, -0.1) is 0 Å². The normalized spacial score (nSPS) is 11.0. The fourth-order valence-corrected chi connectivity index (χ4v) is 2.09. The van der Waals surface area contributed by atoms with Crippen molar-refractivity contribution in [2.24, 2.45) is 0 Å². The lowest BCUT2D eigenvalue weighted by molar-refractivity contribution is 0.640. The molecule has 0 aliphatic heterocycles. The van der Waals surface area contributed by atoms with Gasteiger partial charge >= 0.3 is 0 Å². The van der Waals surface area contributed by atoms with E-state index in [1.54, 1.807) is 24.3 Å². The van der Waals surface area contributed by atoms with Gasteiger partial charge in [-0.1, -0.05) is 17.7 Å². The van der Waals surface area contributed by atoms with E-state index in [0.717, 1.165) is 11.2 Å². The van der Waals surface area contributed by atoms with E-state index in [1.807, 2.05) is 0 Å². The number of aromatic amines is 1. The lowest BCUT2D eigenvalue weighted by atomic mass is 10.1. The van der Waals surface area contributed by atoms with Gasteiger partial charge in [-0.25, -0.2) is 9.37 Å². The molecule has 0 radical (unpaired) electrons. The van der Waals surface area contributed by atoms with Crippen LogP contribution in [0.15, 0.2) is 36.5 Å². The Hall–Kier alpha value is -2.07. The van der Waals surface area contributed by atoms with Crippen LogP contribution in [0.2, 0.25) is 5.15 Å². The quantitative estimate of drug-likeness (QED) is 0.658. The average Bonchev–Trinajstić information content (AvgIpc) is 2.77. The summed E-state index contributed by atoms with van der Waals surface area (Å²) in [5, 5.41) is 0.873. The Morgan fingerprint density at radius 3 is 2.89 bits per heavy atom. The molecule has 3 rings (SSSR count). The number of pyridine rings is 1. The summed E-state index contributed by atoms with van der Waals surface area (Å²) in [6.45, 7) is 0. The zero-order chi connectivity index (χ0) is 12.7. The third kappa shape index (κ3) is 1.71. The number of nitrogens with zero attached hydrogens (tertiary/aromatic N) is 1. The molecule has 18 heavy (non-hydrogen) atoms. The number of H-pyrrole nitrogens is 1. The van der Waals surface area contributed by atoms with E-state index in [-0.39, 0.29) is 5.82 Å². The maximum Gasteiger partial charge on any atom is 0.132 e. The summed E-state index contributed by atoms with van der Waals surface area (Å²) >= 11 is 5.84. The number of anilines is 1. The summed E-state index contributed by atoms with van der Waals surface area (Å²) in [6.07, 6.45) is 1.49. The first-order chi connectivity index (χ1) is 8.65. The molecule has 90 valence electrons. The van der Waals surface area contributed by atoms with Crippen molar-refractivity contribution in [3.8, 4) is 11.3 Å². The van der Waals surface area contributed by atoms with Crippen molar-refractivity contribution in [3.63, 3.8) is 0 Å². The molecule has 0 saturated carbocycles. The molecule has 0 aliphatic carbocycles. The summed E-state index contributed by atoms with van der Waals surface area (Å²) in [6, 6.07) is 8.25. The molecule has 2 heterocycles. The van der Waals surface area contributed by atoms with Crippen LogP contribution in [0.4, 0.5) is 10.1 Å². The highest BCUT2D eigenvalue weighted by atomic mass is 35.5. The standard InChI is InChI=1S/C13H9ClFN3/c14-13-5-8(10(16)6-17-13)12-4-7-9(15)2-1-3-11(7)18-12/h1-6,18H,16H2. The molecule has 1 aromatic carbocycles. The Kier molecular flexibility index (Phi) is 2.45. The monoisotopic (exact) mass is 261 g/mol. The second-order valence-corrected chi connectivity index (χ2v) is 4.37. The number of fused-ring (bicyclic) bond motifs is 1. The SMILES string of the molecule is Nc1cnc(Cl)cc1-c1cc2c(F)cccc2[nH]1. The van der Waals surface area contributed by atoms with Gasteiger partial charge in [0.2, 0.25) is 0 Å². The van der Waals surface area contributed by atoms with E-state index in [2.05, 4.69) is 9.97 Å². The first-order valence-electron chi connectivity index (χ1n) is 5.34. The van der Waals surface area contributed by atoms with Gasteiger partial charge in [-0.2, -0.15) is 0 Å². The van der Waals surface area contributed by atoms with Gasteiger partial charge < -0.3 is 10.7 Å². The summed E-state index contributed by atoms with van der Waals surface area (Å²) in [4.78, 5) is 7.00. The van der Waals surface area contributed by atoms with Crippen LogP contribution in [0.3, 0.4) is 0 Å². The van der Waals surface area contributed by atoms with Crippen LogP contribution in [0, 0.1) is 5.82 Å². The second kappa shape index (κ2) is 3.99. The lowest BCUT2D eigenvalue weighted by Gasteiger charge is -2.02. The van der Waals surface area contributed by atoms with E-state index in [0.29, 0.717) is 21.8 Å². The smallest absolute Gasteiger partial charge is 0.132 e. The summed E-state index contributed by atoms with van der Waals surface area (Å²) in [7, 11) is 0. The zero-order valence-electron chi connectivity index (χ0n) is 9.24. The molecule has 0 fully saturated rings. The Morgan fingerprint density at radius 2 is 2.11 bits per heavy atom. The maximum atomic E-state index is 13.6. The van der Waals surface area contributed by atoms with Crippen LogP contribution in [0.1, 0.15) is 0 Å². The first kappa shape index (κ1) is 11.0. The van der Waals surface area contributed by atoms with Gasteiger partial charge in [0.25, 0.3) is 0 Å². The van der Waals surface area contributed by atoms with Crippen LogP contribution >= 0.6 is 11.6 Å². The number of halogens is 2. The van der Waals surface area contributed by atoms with Crippen molar-refractivity contribution in [3.05, 3.63) is 47.5 Å². The van der Waals surface area contributed by atoms with E-state index in [1.165, 1.54) is 12.3 Å². The molecule has 0 amide bonds. The Morgan fingerprint density at radius 1 is 1.28 bits per heavy atom. The minimum atomic E-state index is -0.270. The molecule has 0 aliphatic rings. The largest absolute Gasteiger partial charge is 0.397 e. The predicted molar refractivity (Wildman–Crippen MR) is 70.9 cm³/mol. The van der Waals surface area contributed by atoms with Crippen molar-refractivity contribution in [1.29, 1.82) is 0 Å². The van der Waals surface area contributed by atoms with E-state index in [9.17, 15) is 4.39 Å². The zero-order valence-corrected chi connectivity index (χ0v) is 10.0. The number of hydrogen-bond donors (Lipinski definition) is 2. The minimum Gasteiger partial charge on any atom is -0.397 e. The van der Waals surface area contributed by atoms with E-state index in [4.69, 9.17) is 17.3 Å². The third-order valence-corrected chi connectivity index (χ3v) is 3.01. The van der Waals surface area contributed by atoms with Crippen molar-refractivity contribution in [2.75, 3.05) is 5.73 Å². The van der Waals surface area contributed by atoms with Gasteiger partial charge in [0.15, 0.2) is 0 Å². The van der Waals surface area contributed by atoms with Crippen LogP contribution in [0.5, 0.6) is 0 Å². The summed E-state index contributed by atoms with van der Waals surface area (Å²) in [5.74, 6) is -0.270. The van der Waals surface area contributed by atoms with Gasteiger partial charge in [0.05, 0.1) is 11.9 Å². The van der Waals surface area contributed by atoms with Crippen molar-refractivity contribution >= 4 is 28.2 Å². The minimum absolute atomic E-state index is 0.270. The van der Waals surface area contributed by atoms with Crippen LogP contribution in [0.25, 0.3) is 22.2 Å². The third-order valence-electron chi connectivity index (χ3n) is 2.80. The molecule has 0 unspecified atom stereocenters. The molecule has 0 saturated heterocycles. The number of hydrogen-bond acceptors (Lipinski definition) is 2. The van der Waals surface area contributed by atoms with E-state index >= 15 is 0 Å². The fraction of sp³-hybridized carbons (Fsp3) is 0. The summed E-state index contributed by atoms with van der Waals surface area (Å²) < 4.78 is 13.6. The maximum absolute atomic E-state index is 13.6. The fourth-order valence-electron chi connectivity index (χ4n) is 1.94. The summed E-state index contributed by atoms with van der Waals surface area (Å²) in [5.41, 5.74) is 8.49. The molecular formula is C13H9ClFN3. The molecule has 0 atom stereocenters. The van der Waals surface area contributed by atoms with Crippen LogP contribution < -0.4 is 5.73 Å². The van der Waals surface area contributed by atoms with E-state index < -0.39 is 0 Å². The Bertz CT molecular complexity index is 736. The van der Waals surface area contributed by atoms with Crippen LogP contribution in [-0.4, -0.2) is 9.97 Å². The molecule has 3 N–H and O–H groups in total. The highest BCUT2D eigenvalue weighted by Crippen LogP contribution is 2.30. The molecule has 0 spiro atoms. The number of benzene rings is 1. The average molecular weight is 262 g/mol. The molecule has 0 bridgehead atoms. The van der Waals surface area contributed by atoms with Gasteiger partial charge in [0.1, 0.15) is 11.0 Å². The van der Waals surface area contributed by atoms with Crippen molar-refractivity contribution < 1.29 is 4.39 Å². The topological polar surface area (TPSA) is 54.7 Å². The molecule has 3 aromatic rings. The second-order valence-electron chi connectivity index (χ2n) is 3.98. The molecule has 2 aromatic heterocycles. The number of nitrogens with two attached hydrogens (primary N) is 1. The number of nitrogens with one attached hydrogen (secondary N) is 1. The predicted octanol–water partition coefficient (Wildman–Crippen LogP) is 3.60. The molecule has 3 nitrogen and oxygen atoms in total.